The number of anilines is 1. The lowest BCUT2D eigenvalue weighted by Crippen LogP contribution is -2.37. The number of likely N-dealkylation sites (N-methyl/N-ethyl adjacent to an activating group) is 1. The molecule has 0 bridgehead atoms. The first kappa shape index (κ1) is 17.0. The maximum atomic E-state index is 12.4. The van der Waals surface area contributed by atoms with Crippen molar-refractivity contribution in [3.8, 4) is 0 Å². The van der Waals surface area contributed by atoms with E-state index < -0.39 is 12.1 Å². The van der Waals surface area contributed by atoms with Crippen LogP contribution < -0.4 is 4.90 Å². The summed E-state index contributed by atoms with van der Waals surface area (Å²) in [4.78, 5) is 26.1. The normalized spacial score (nSPS) is 12.0. The molecule has 128 valence electrons. The summed E-state index contributed by atoms with van der Waals surface area (Å²) in [6.07, 6.45) is -0.950. The number of nitrogens with zero attached hydrogens (tertiary/aromatic N) is 1. The fourth-order valence-corrected chi connectivity index (χ4v) is 2.62. The molecule has 6 heteroatoms. The van der Waals surface area contributed by atoms with Crippen LogP contribution in [0.3, 0.4) is 0 Å². The molecule has 1 unspecified atom stereocenters. The molecule has 0 aliphatic carbocycles. The zero-order valence-electron chi connectivity index (χ0n) is 13.7. The van der Waals surface area contributed by atoms with E-state index in [2.05, 4.69) is 0 Å². The van der Waals surface area contributed by atoms with Crippen LogP contribution >= 0.6 is 11.6 Å². The van der Waals surface area contributed by atoms with Gasteiger partial charge in [-0.3, -0.25) is 4.79 Å². The van der Waals surface area contributed by atoms with E-state index in [0.29, 0.717) is 21.7 Å². The lowest BCUT2D eigenvalue weighted by Gasteiger charge is -2.21. The molecule has 2 aromatic carbocycles. The fraction of sp³-hybridized carbons (Fsp3) is 0.158. The molecule has 0 saturated heterocycles. The van der Waals surface area contributed by atoms with Crippen LogP contribution in [0.4, 0.5) is 5.69 Å². The Kier molecular flexibility index (Phi) is 4.76. The maximum Gasteiger partial charge on any atom is 0.375 e. The van der Waals surface area contributed by atoms with Crippen molar-refractivity contribution in [2.75, 3.05) is 11.9 Å². The van der Waals surface area contributed by atoms with Crippen molar-refractivity contribution in [1.82, 2.24) is 0 Å². The van der Waals surface area contributed by atoms with Crippen molar-refractivity contribution < 1.29 is 18.7 Å². The lowest BCUT2D eigenvalue weighted by atomic mass is 10.2. The van der Waals surface area contributed by atoms with E-state index in [-0.39, 0.29) is 11.7 Å². The molecule has 3 aromatic rings. The molecule has 0 radical (unpaired) electrons. The van der Waals surface area contributed by atoms with Gasteiger partial charge in [-0.15, -0.1) is 0 Å². The van der Waals surface area contributed by atoms with Crippen LogP contribution in [0.15, 0.2) is 59.0 Å². The Morgan fingerprint density at radius 3 is 2.56 bits per heavy atom. The van der Waals surface area contributed by atoms with Crippen LogP contribution in [0.5, 0.6) is 0 Å². The average molecular weight is 358 g/mol. The molecule has 1 aromatic heterocycles. The number of furan rings is 1. The summed E-state index contributed by atoms with van der Waals surface area (Å²) >= 11 is 5.92. The molecule has 1 amide bonds. The van der Waals surface area contributed by atoms with Crippen LogP contribution in [-0.2, 0) is 9.53 Å². The van der Waals surface area contributed by atoms with Gasteiger partial charge in [0.2, 0.25) is 5.76 Å². The number of ether oxygens (including phenoxy) is 1. The molecular weight excluding hydrogens is 342 g/mol. The van der Waals surface area contributed by atoms with E-state index in [1.54, 1.807) is 43.4 Å². The first-order valence-electron chi connectivity index (χ1n) is 7.68. The zero-order chi connectivity index (χ0) is 18.0. The minimum Gasteiger partial charge on any atom is -0.449 e. The monoisotopic (exact) mass is 357 g/mol. The molecule has 0 fully saturated rings. The van der Waals surface area contributed by atoms with Gasteiger partial charge in [-0.1, -0.05) is 29.8 Å². The van der Waals surface area contributed by atoms with Gasteiger partial charge in [-0.25, -0.2) is 4.79 Å². The zero-order valence-corrected chi connectivity index (χ0v) is 14.5. The van der Waals surface area contributed by atoms with Gasteiger partial charge in [-0.2, -0.15) is 0 Å². The number of halogens is 1. The summed E-state index contributed by atoms with van der Waals surface area (Å²) in [6.45, 7) is 1.53. The van der Waals surface area contributed by atoms with Crippen molar-refractivity contribution in [3.05, 3.63) is 65.4 Å². The number of rotatable bonds is 4. The largest absolute Gasteiger partial charge is 0.449 e. The highest BCUT2D eigenvalue weighted by Crippen LogP contribution is 2.24. The molecule has 1 atom stereocenters. The number of para-hydroxylation sites is 1. The van der Waals surface area contributed by atoms with Crippen molar-refractivity contribution in [2.45, 2.75) is 13.0 Å². The third-order valence-electron chi connectivity index (χ3n) is 3.79. The second-order valence-electron chi connectivity index (χ2n) is 5.57. The van der Waals surface area contributed by atoms with Crippen molar-refractivity contribution in [2.24, 2.45) is 0 Å². The van der Waals surface area contributed by atoms with Gasteiger partial charge < -0.3 is 14.1 Å². The number of carbonyl (C=O) groups excluding carboxylic acids is 2. The van der Waals surface area contributed by atoms with Gasteiger partial charge in [0.25, 0.3) is 5.91 Å². The number of fused-ring (bicyclic) bond motifs is 1. The second kappa shape index (κ2) is 6.99. The first-order chi connectivity index (χ1) is 12.0. The van der Waals surface area contributed by atoms with E-state index in [1.807, 2.05) is 18.2 Å². The maximum absolute atomic E-state index is 12.4. The van der Waals surface area contributed by atoms with Gasteiger partial charge in [0.15, 0.2) is 6.10 Å². The van der Waals surface area contributed by atoms with Gasteiger partial charge in [0.1, 0.15) is 5.58 Å². The summed E-state index contributed by atoms with van der Waals surface area (Å²) in [6, 6.07) is 15.7. The molecule has 0 aliphatic heterocycles. The van der Waals surface area contributed by atoms with Crippen LogP contribution in [0.2, 0.25) is 5.02 Å². The van der Waals surface area contributed by atoms with Crippen molar-refractivity contribution in [1.29, 1.82) is 0 Å². The van der Waals surface area contributed by atoms with Gasteiger partial charge in [0, 0.05) is 23.1 Å². The highest BCUT2D eigenvalue weighted by Gasteiger charge is 2.24. The Morgan fingerprint density at radius 1 is 1.12 bits per heavy atom. The molecule has 3 rings (SSSR count). The van der Waals surface area contributed by atoms with Gasteiger partial charge >= 0.3 is 5.97 Å². The van der Waals surface area contributed by atoms with E-state index in [4.69, 9.17) is 20.8 Å². The molecular formula is C19H16ClNO4. The lowest BCUT2D eigenvalue weighted by molar-refractivity contribution is -0.126. The van der Waals surface area contributed by atoms with Crippen molar-refractivity contribution >= 4 is 40.1 Å². The predicted octanol–water partition coefficient (Wildman–Crippen LogP) is 4.29. The minimum absolute atomic E-state index is 0.0271. The number of hydrogen-bond donors (Lipinski definition) is 0. The molecule has 5 nitrogen and oxygen atoms in total. The Labute approximate surface area is 149 Å². The predicted molar refractivity (Wildman–Crippen MR) is 96.0 cm³/mol. The first-order valence-corrected chi connectivity index (χ1v) is 8.06. The smallest absolute Gasteiger partial charge is 0.375 e. The van der Waals surface area contributed by atoms with Crippen LogP contribution in [-0.4, -0.2) is 25.0 Å². The summed E-state index contributed by atoms with van der Waals surface area (Å²) in [5, 5.41) is 1.24. The molecule has 0 aliphatic rings. The van der Waals surface area contributed by atoms with Crippen LogP contribution in [0, 0.1) is 0 Å². The Bertz CT molecular complexity index is 920. The third kappa shape index (κ3) is 3.67. The van der Waals surface area contributed by atoms with E-state index in [9.17, 15) is 9.59 Å². The van der Waals surface area contributed by atoms with Crippen LogP contribution in [0.25, 0.3) is 11.0 Å². The Morgan fingerprint density at radius 2 is 1.84 bits per heavy atom. The number of amides is 1. The van der Waals surface area contributed by atoms with E-state index in [1.165, 1.54) is 11.8 Å². The highest BCUT2D eigenvalue weighted by atomic mass is 35.5. The average Bonchev–Trinajstić information content (AvgIpc) is 3.04. The SMILES string of the molecule is CC(OC(=O)c1cc2cc(Cl)ccc2o1)C(=O)N(C)c1ccccc1. The third-order valence-corrected chi connectivity index (χ3v) is 4.02. The molecule has 0 N–H and O–H groups in total. The standard InChI is InChI=1S/C19H16ClNO4/c1-12(18(22)21(2)15-6-4-3-5-7-15)24-19(23)17-11-13-10-14(20)8-9-16(13)25-17/h3-12H,1-2H3. The summed E-state index contributed by atoms with van der Waals surface area (Å²) in [5.41, 5.74) is 1.24. The topological polar surface area (TPSA) is 59.8 Å². The molecule has 0 saturated carbocycles. The van der Waals surface area contributed by atoms with Gasteiger partial charge in [-0.05, 0) is 43.3 Å². The van der Waals surface area contributed by atoms with E-state index >= 15 is 0 Å². The molecule has 0 spiro atoms. The Balaban J connectivity index is 1.71. The second-order valence-corrected chi connectivity index (χ2v) is 6.01. The number of hydrogen-bond acceptors (Lipinski definition) is 4. The van der Waals surface area contributed by atoms with Crippen molar-refractivity contribution in [3.63, 3.8) is 0 Å². The summed E-state index contributed by atoms with van der Waals surface area (Å²) in [7, 11) is 1.63. The highest BCUT2D eigenvalue weighted by molar-refractivity contribution is 6.31. The number of esters is 1. The summed E-state index contributed by atoms with van der Waals surface area (Å²) < 4.78 is 10.7. The molecule has 1 heterocycles. The van der Waals surface area contributed by atoms with Crippen LogP contribution in [0.1, 0.15) is 17.5 Å². The summed E-state index contributed by atoms with van der Waals surface area (Å²) in [5.74, 6) is -1.01. The van der Waals surface area contributed by atoms with E-state index in [0.717, 1.165) is 0 Å². The fourth-order valence-electron chi connectivity index (χ4n) is 2.44. The molecule has 25 heavy (non-hydrogen) atoms. The quantitative estimate of drug-likeness (QED) is 0.653. The van der Waals surface area contributed by atoms with Gasteiger partial charge in [0.05, 0.1) is 0 Å². The number of benzene rings is 2. The number of carbonyl (C=O) groups is 2. The Hall–Kier alpha value is -2.79. The minimum atomic E-state index is -0.950.